The van der Waals surface area contributed by atoms with Gasteiger partial charge >= 0.3 is 0 Å². The largest absolute Gasteiger partial charge is 0.493 e. The molecular formula is C48H56O8. The predicted molar refractivity (Wildman–Crippen MR) is 220 cm³/mol. The van der Waals surface area contributed by atoms with Crippen LogP contribution >= 0.6 is 0 Å². The average Bonchev–Trinajstić information content (AvgIpc) is 3.20. The predicted octanol–water partition coefficient (Wildman–Crippen LogP) is 10.3. The van der Waals surface area contributed by atoms with Crippen molar-refractivity contribution in [1.29, 1.82) is 0 Å². The number of rotatable bonds is 20. The molecule has 1 aliphatic carbocycles. The van der Waals surface area contributed by atoms with Gasteiger partial charge in [-0.25, -0.2) is 0 Å². The number of carbonyl (C=O) groups is 4. The highest BCUT2D eigenvalue weighted by molar-refractivity contribution is 5.80. The summed E-state index contributed by atoms with van der Waals surface area (Å²) in [6.45, 7) is 10.3. The minimum absolute atomic E-state index is 0.325. The van der Waals surface area contributed by atoms with E-state index in [-0.39, 0.29) is 0 Å². The van der Waals surface area contributed by atoms with Gasteiger partial charge < -0.3 is 18.9 Å². The first-order chi connectivity index (χ1) is 27.4. The summed E-state index contributed by atoms with van der Waals surface area (Å²) in [4.78, 5) is 50.3. The number of benzene rings is 4. The molecule has 0 saturated heterocycles. The van der Waals surface area contributed by atoms with E-state index in [2.05, 4.69) is 27.7 Å². The molecule has 0 aromatic heterocycles. The lowest BCUT2D eigenvalue weighted by molar-refractivity contribution is 0.111. The van der Waals surface area contributed by atoms with Crippen LogP contribution in [0.2, 0.25) is 0 Å². The van der Waals surface area contributed by atoms with E-state index in [0.29, 0.717) is 97.4 Å². The molecule has 0 radical (unpaired) electrons. The minimum Gasteiger partial charge on any atom is -0.493 e. The van der Waals surface area contributed by atoms with Gasteiger partial charge in [0.1, 0.15) is 48.1 Å². The molecule has 1 aliphatic rings. The number of carbonyl (C=O) groups excluding carboxylic acids is 4. The Balaban J connectivity index is 1.89. The fourth-order valence-electron chi connectivity index (χ4n) is 7.28. The van der Waals surface area contributed by atoms with Crippen molar-refractivity contribution in [1.82, 2.24) is 0 Å². The maximum atomic E-state index is 12.6. The van der Waals surface area contributed by atoms with Crippen LogP contribution in [0.3, 0.4) is 0 Å². The molecule has 0 N–H and O–H groups in total. The summed E-state index contributed by atoms with van der Waals surface area (Å²) in [7, 11) is 0. The van der Waals surface area contributed by atoms with Gasteiger partial charge in [-0.15, -0.1) is 0 Å². The molecule has 56 heavy (non-hydrogen) atoms. The fourth-order valence-corrected chi connectivity index (χ4v) is 7.28. The van der Waals surface area contributed by atoms with Crippen LogP contribution in [0.4, 0.5) is 0 Å². The van der Waals surface area contributed by atoms with Crippen LogP contribution in [-0.4, -0.2) is 51.6 Å². The first-order valence-electron chi connectivity index (χ1n) is 20.3. The van der Waals surface area contributed by atoms with Gasteiger partial charge in [0.05, 0.1) is 26.4 Å². The Labute approximate surface area is 331 Å². The summed E-state index contributed by atoms with van der Waals surface area (Å²) in [6.07, 6.45) is 11.8. The minimum atomic E-state index is 0.325. The SMILES string of the molecule is CCCCOc1c2cc(C=O)cc1Cc1cc(C=O)cc(c1OCCCC)Cc1cc(C=O)cc(c1OCCCC)Cc1cc(C=O)cc(c1OCCCC)C2. The number of hydrogen-bond donors (Lipinski definition) is 0. The van der Waals surface area contributed by atoms with Gasteiger partial charge in [-0.3, -0.25) is 19.2 Å². The lowest BCUT2D eigenvalue weighted by atomic mass is 9.88. The summed E-state index contributed by atoms with van der Waals surface area (Å²) >= 11 is 0. The van der Waals surface area contributed by atoms with E-state index >= 15 is 0 Å². The molecule has 0 spiro atoms. The van der Waals surface area contributed by atoms with Crippen LogP contribution < -0.4 is 18.9 Å². The Kier molecular flexibility index (Phi) is 15.8. The van der Waals surface area contributed by atoms with Crippen molar-refractivity contribution in [3.63, 3.8) is 0 Å². The molecule has 0 heterocycles. The summed E-state index contributed by atoms with van der Waals surface area (Å²) in [6, 6.07) is 14.9. The summed E-state index contributed by atoms with van der Waals surface area (Å²) < 4.78 is 26.5. The Morgan fingerprint density at radius 2 is 0.536 bits per heavy atom. The van der Waals surface area contributed by atoms with E-state index in [0.717, 1.165) is 121 Å². The smallest absolute Gasteiger partial charge is 0.150 e. The molecule has 4 aromatic carbocycles. The molecular weight excluding hydrogens is 705 g/mol. The molecule has 0 saturated carbocycles. The Bertz CT molecular complexity index is 1620. The summed E-state index contributed by atoms with van der Waals surface area (Å²) in [5.74, 6) is 2.66. The van der Waals surface area contributed by atoms with Gasteiger partial charge in [0.25, 0.3) is 0 Å². The first-order valence-corrected chi connectivity index (χ1v) is 20.3. The second-order valence-electron chi connectivity index (χ2n) is 14.7. The van der Waals surface area contributed by atoms with E-state index < -0.39 is 0 Å². The van der Waals surface area contributed by atoms with Crippen LogP contribution in [0, 0.1) is 0 Å². The van der Waals surface area contributed by atoms with Gasteiger partial charge in [0, 0.05) is 47.9 Å². The van der Waals surface area contributed by atoms with Gasteiger partial charge in [0.2, 0.25) is 0 Å². The monoisotopic (exact) mass is 760 g/mol. The highest BCUT2D eigenvalue weighted by atomic mass is 16.5. The molecule has 8 heteroatoms. The molecule has 296 valence electrons. The van der Waals surface area contributed by atoms with Crippen molar-refractivity contribution in [2.24, 2.45) is 0 Å². The number of unbranched alkanes of at least 4 members (excludes halogenated alkanes) is 4. The standard InChI is InChI=1S/C48H56O8/c1-5-9-13-53-45-37-17-33(29-49)18-38(45)26-40-20-35(31-51)22-42(47(40)55-15-11-7-3)28-44-24-36(32-52)23-43(48(44)56-16-12-8-4)27-41-21-34(30-50)19-39(25-37)46(41)54-14-10-6-2/h17-24,29-32H,5-16,25-28H2,1-4H3. The quantitative estimate of drug-likeness (QED) is 0.0570. The first kappa shape index (κ1) is 41.9. The highest BCUT2D eigenvalue weighted by Gasteiger charge is 2.24. The van der Waals surface area contributed by atoms with E-state index in [1.165, 1.54) is 0 Å². The topological polar surface area (TPSA) is 105 Å². The third-order valence-electron chi connectivity index (χ3n) is 10.1. The zero-order valence-corrected chi connectivity index (χ0v) is 33.5. The van der Waals surface area contributed by atoms with Crippen molar-refractivity contribution in [3.05, 3.63) is 115 Å². The zero-order valence-electron chi connectivity index (χ0n) is 33.5. The van der Waals surface area contributed by atoms with Gasteiger partial charge in [-0.05, 0) is 119 Å². The van der Waals surface area contributed by atoms with Gasteiger partial charge in [-0.1, -0.05) is 53.4 Å². The number of fused-ring (bicyclic) bond motifs is 8. The maximum Gasteiger partial charge on any atom is 0.150 e. The van der Waals surface area contributed by atoms with E-state index in [4.69, 9.17) is 18.9 Å². The van der Waals surface area contributed by atoms with Crippen LogP contribution in [0.1, 0.15) is 165 Å². The third kappa shape index (κ3) is 10.5. The second kappa shape index (κ2) is 21.2. The normalized spacial score (nSPS) is 12.1. The second-order valence-corrected chi connectivity index (χ2v) is 14.7. The lowest BCUT2D eigenvalue weighted by Gasteiger charge is -2.24. The van der Waals surface area contributed by atoms with E-state index in [1.54, 1.807) is 0 Å². The van der Waals surface area contributed by atoms with Crippen molar-refractivity contribution in [2.45, 2.75) is 105 Å². The number of aldehydes is 4. The average molecular weight is 761 g/mol. The van der Waals surface area contributed by atoms with Crippen molar-refractivity contribution < 1.29 is 38.1 Å². The summed E-state index contributed by atoms with van der Waals surface area (Å²) in [5.41, 5.74) is 8.27. The Morgan fingerprint density at radius 1 is 0.357 bits per heavy atom. The van der Waals surface area contributed by atoms with Crippen LogP contribution in [0.15, 0.2) is 48.5 Å². The molecule has 4 aromatic rings. The molecule has 0 amide bonds. The fraction of sp³-hybridized carbons (Fsp3) is 0.417. The third-order valence-corrected chi connectivity index (χ3v) is 10.1. The lowest BCUT2D eigenvalue weighted by Crippen LogP contribution is -2.12. The van der Waals surface area contributed by atoms with Crippen molar-refractivity contribution in [3.8, 4) is 23.0 Å². The summed E-state index contributed by atoms with van der Waals surface area (Å²) in [5, 5.41) is 0. The van der Waals surface area contributed by atoms with E-state index in [1.807, 2.05) is 48.5 Å². The molecule has 8 bridgehead atoms. The van der Waals surface area contributed by atoms with E-state index in [9.17, 15) is 19.2 Å². The molecule has 0 fully saturated rings. The molecule has 0 aliphatic heterocycles. The number of hydrogen-bond acceptors (Lipinski definition) is 8. The molecule has 0 unspecified atom stereocenters. The van der Waals surface area contributed by atoms with Crippen LogP contribution in [0.25, 0.3) is 0 Å². The zero-order chi connectivity index (χ0) is 39.9. The molecule has 0 atom stereocenters. The Morgan fingerprint density at radius 3 is 0.679 bits per heavy atom. The van der Waals surface area contributed by atoms with Crippen LogP contribution in [-0.2, 0) is 25.7 Å². The molecule has 5 rings (SSSR count). The van der Waals surface area contributed by atoms with Gasteiger partial charge in [0.15, 0.2) is 0 Å². The number of ether oxygens (including phenoxy) is 4. The Hall–Kier alpha value is -5.24. The van der Waals surface area contributed by atoms with Gasteiger partial charge in [-0.2, -0.15) is 0 Å². The maximum absolute atomic E-state index is 12.6. The van der Waals surface area contributed by atoms with Crippen molar-refractivity contribution >= 4 is 25.1 Å². The molecule has 8 nitrogen and oxygen atoms in total. The highest BCUT2D eigenvalue weighted by Crippen LogP contribution is 2.40. The van der Waals surface area contributed by atoms with Crippen molar-refractivity contribution in [2.75, 3.05) is 26.4 Å². The van der Waals surface area contributed by atoms with Crippen LogP contribution in [0.5, 0.6) is 23.0 Å².